The third-order valence-electron chi connectivity index (χ3n) is 2.78. The Morgan fingerprint density at radius 1 is 1.10 bits per heavy atom. The van der Waals surface area contributed by atoms with Crippen LogP contribution in [0.2, 0.25) is 5.02 Å². The number of halogens is 2. The predicted molar refractivity (Wildman–Crippen MR) is 78.7 cm³/mol. The van der Waals surface area contributed by atoms with E-state index in [2.05, 4.69) is 5.32 Å². The van der Waals surface area contributed by atoms with Gasteiger partial charge in [-0.3, -0.25) is 0 Å². The Hall–Kier alpha value is -2.14. The standard InChI is InChI=1S/C14H14ClFN2O2/c1-19-12-6-9(17)11(7-13(12)20-2)18-10-5-3-4-8(15)14(10)16/h3-7,18H,17H2,1-2H3. The first-order valence-electron chi connectivity index (χ1n) is 5.79. The van der Waals surface area contributed by atoms with Crippen LogP contribution in [0.15, 0.2) is 30.3 Å². The summed E-state index contributed by atoms with van der Waals surface area (Å²) >= 11 is 5.74. The lowest BCUT2D eigenvalue weighted by molar-refractivity contribution is 0.355. The summed E-state index contributed by atoms with van der Waals surface area (Å²) in [5.74, 6) is 0.456. The van der Waals surface area contributed by atoms with Gasteiger partial charge < -0.3 is 20.5 Å². The van der Waals surface area contributed by atoms with E-state index in [0.29, 0.717) is 22.9 Å². The Morgan fingerprint density at radius 3 is 2.40 bits per heavy atom. The van der Waals surface area contributed by atoms with Gasteiger partial charge in [0.1, 0.15) is 0 Å². The molecule has 0 heterocycles. The van der Waals surface area contributed by atoms with Gasteiger partial charge in [0.2, 0.25) is 0 Å². The zero-order chi connectivity index (χ0) is 14.7. The van der Waals surface area contributed by atoms with Crippen molar-refractivity contribution in [3.63, 3.8) is 0 Å². The third-order valence-corrected chi connectivity index (χ3v) is 3.07. The molecule has 0 aliphatic heterocycles. The lowest BCUT2D eigenvalue weighted by Crippen LogP contribution is -2.01. The van der Waals surface area contributed by atoms with Crippen LogP contribution < -0.4 is 20.5 Å². The zero-order valence-corrected chi connectivity index (χ0v) is 11.8. The molecule has 106 valence electrons. The van der Waals surface area contributed by atoms with E-state index in [1.807, 2.05) is 0 Å². The fourth-order valence-electron chi connectivity index (χ4n) is 1.75. The van der Waals surface area contributed by atoms with Crippen LogP contribution in [0, 0.1) is 5.82 Å². The van der Waals surface area contributed by atoms with E-state index in [1.165, 1.54) is 20.3 Å². The predicted octanol–water partition coefficient (Wildman–Crippen LogP) is 3.82. The lowest BCUT2D eigenvalue weighted by Gasteiger charge is -2.14. The number of rotatable bonds is 4. The first-order chi connectivity index (χ1) is 9.56. The smallest absolute Gasteiger partial charge is 0.165 e. The summed E-state index contributed by atoms with van der Waals surface area (Å²) in [6, 6.07) is 7.92. The van der Waals surface area contributed by atoms with E-state index in [1.54, 1.807) is 24.3 Å². The van der Waals surface area contributed by atoms with Crippen molar-refractivity contribution in [2.24, 2.45) is 0 Å². The fourth-order valence-corrected chi connectivity index (χ4v) is 1.92. The second-order valence-electron chi connectivity index (χ2n) is 4.02. The maximum atomic E-state index is 13.9. The van der Waals surface area contributed by atoms with E-state index >= 15 is 0 Å². The van der Waals surface area contributed by atoms with Crippen LogP contribution in [-0.4, -0.2) is 14.2 Å². The van der Waals surface area contributed by atoms with E-state index in [-0.39, 0.29) is 10.7 Å². The van der Waals surface area contributed by atoms with E-state index in [9.17, 15) is 4.39 Å². The molecule has 2 aromatic rings. The van der Waals surface area contributed by atoms with Gasteiger partial charge >= 0.3 is 0 Å². The average Bonchev–Trinajstić information content (AvgIpc) is 2.45. The molecule has 4 nitrogen and oxygen atoms in total. The summed E-state index contributed by atoms with van der Waals surface area (Å²) in [6.07, 6.45) is 0. The van der Waals surface area contributed by atoms with Crippen molar-refractivity contribution >= 4 is 28.7 Å². The van der Waals surface area contributed by atoms with Crippen LogP contribution in [0.5, 0.6) is 11.5 Å². The van der Waals surface area contributed by atoms with Gasteiger partial charge in [-0.1, -0.05) is 17.7 Å². The maximum Gasteiger partial charge on any atom is 0.165 e. The molecule has 0 aliphatic rings. The molecule has 0 saturated heterocycles. The van der Waals surface area contributed by atoms with Gasteiger partial charge in [0.25, 0.3) is 0 Å². The lowest BCUT2D eigenvalue weighted by atomic mass is 10.2. The van der Waals surface area contributed by atoms with Gasteiger partial charge in [-0.2, -0.15) is 0 Å². The number of hydrogen-bond acceptors (Lipinski definition) is 4. The van der Waals surface area contributed by atoms with Crippen LogP contribution in [0.4, 0.5) is 21.5 Å². The van der Waals surface area contributed by atoms with Crippen molar-refractivity contribution in [1.29, 1.82) is 0 Å². The number of nitrogen functional groups attached to an aromatic ring is 1. The highest BCUT2D eigenvalue weighted by molar-refractivity contribution is 6.31. The maximum absolute atomic E-state index is 13.9. The van der Waals surface area contributed by atoms with Crippen LogP contribution in [0.25, 0.3) is 0 Å². The van der Waals surface area contributed by atoms with Gasteiger partial charge in [0.15, 0.2) is 17.3 Å². The normalized spacial score (nSPS) is 10.2. The van der Waals surface area contributed by atoms with Crippen LogP contribution in [0.3, 0.4) is 0 Å². The van der Waals surface area contributed by atoms with E-state index in [4.69, 9.17) is 26.8 Å². The van der Waals surface area contributed by atoms with E-state index < -0.39 is 5.82 Å². The molecule has 0 atom stereocenters. The molecule has 20 heavy (non-hydrogen) atoms. The van der Waals surface area contributed by atoms with Crippen molar-refractivity contribution in [1.82, 2.24) is 0 Å². The minimum atomic E-state index is -0.539. The summed E-state index contributed by atoms with van der Waals surface area (Å²) in [6.45, 7) is 0. The Labute approximate surface area is 121 Å². The summed E-state index contributed by atoms with van der Waals surface area (Å²) in [5.41, 5.74) is 7.04. The quantitative estimate of drug-likeness (QED) is 0.842. The van der Waals surface area contributed by atoms with E-state index in [0.717, 1.165) is 0 Å². The van der Waals surface area contributed by atoms with Crippen molar-refractivity contribution < 1.29 is 13.9 Å². The first-order valence-corrected chi connectivity index (χ1v) is 6.17. The number of anilines is 3. The molecular weight excluding hydrogens is 283 g/mol. The van der Waals surface area contributed by atoms with Crippen LogP contribution in [-0.2, 0) is 0 Å². The molecular formula is C14H14ClFN2O2. The summed E-state index contributed by atoms with van der Waals surface area (Å²) in [4.78, 5) is 0. The Bertz CT molecular complexity index is 635. The topological polar surface area (TPSA) is 56.5 Å². The van der Waals surface area contributed by atoms with Crippen molar-refractivity contribution in [3.05, 3.63) is 41.2 Å². The molecule has 0 fully saturated rings. The van der Waals surface area contributed by atoms with Crippen LogP contribution >= 0.6 is 11.6 Å². The minimum absolute atomic E-state index is 0.0362. The summed E-state index contributed by atoms with van der Waals surface area (Å²) in [5, 5.41) is 2.92. The Morgan fingerprint density at radius 2 is 1.75 bits per heavy atom. The van der Waals surface area contributed by atoms with Crippen LogP contribution in [0.1, 0.15) is 0 Å². The number of nitrogens with one attached hydrogen (secondary N) is 1. The molecule has 0 spiro atoms. The average molecular weight is 297 g/mol. The minimum Gasteiger partial charge on any atom is -0.493 e. The Balaban J connectivity index is 2.41. The van der Waals surface area contributed by atoms with Crippen molar-refractivity contribution in [3.8, 4) is 11.5 Å². The van der Waals surface area contributed by atoms with Crippen molar-refractivity contribution in [2.45, 2.75) is 0 Å². The number of hydrogen-bond donors (Lipinski definition) is 2. The van der Waals surface area contributed by atoms with Gasteiger partial charge in [-0.15, -0.1) is 0 Å². The highest BCUT2D eigenvalue weighted by Crippen LogP contribution is 2.37. The number of benzene rings is 2. The monoisotopic (exact) mass is 296 g/mol. The molecule has 0 bridgehead atoms. The molecule has 0 aromatic heterocycles. The molecule has 2 aromatic carbocycles. The molecule has 6 heteroatoms. The molecule has 2 rings (SSSR count). The second-order valence-corrected chi connectivity index (χ2v) is 4.43. The van der Waals surface area contributed by atoms with Gasteiger partial charge in [-0.25, -0.2) is 4.39 Å². The molecule has 3 N–H and O–H groups in total. The summed E-state index contributed by atoms with van der Waals surface area (Å²) < 4.78 is 24.2. The Kier molecular flexibility index (Phi) is 4.20. The SMILES string of the molecule is COc1cc(N)c(Nc2cccc(Cl)c2F)cc1OC. The largest absolute Gasteiger partial charge is 0.493 e. The number of methoxy groups -OCH3 is 2. The number of ether oxygens (including phenoxy) is 2. The zero-order valence-electron chi connectivity index (χ0n) is 11.0. The highest BCUT2D eigenvalue weighted by atomic mass is 35.5. The highest BCUT2D eigenvalue weighted by Gasteiger charge is 2.12. The summed E-state index contributed by atoms with van der Waals surface area (Å²) in [7, 11) is 3.03. The molecule has 0 radical (unpaired) electrons. The second kappa shape index (κ2) is 5.88. The van der Waals surface area contributed by atoms with Crippen molar-refractivity contribution in [2.75, 3.05) is 25.3 Å². The third kappa shape index (κ3) is 2.72. The first kappa shape index (κ1) is 14.3. The molecule has 0 amide bonds. The van der Waals surface area contributed by atoms with Gasteiger partial charge in [0, 0.05) is 12.1 Å². The van der Waals surface area contributed by atoms with Gasteiger partial charge in [-0.05, 0) is 12.1 Å². The fraction of sp³-hybridized carbons (Fsp3) is 0.143. The molecule has 0 unspecified atom stereocenters. The molecule has 0 aliphatic carbocycles. The van der Waals surface area contributed by atoms with Gasteiger partial charge in [0.05, 0.1) is 36.3 Å². The molecule has 0 saturated carbocycles. The number of nitrogens with two attached hydrogens (primary N) is 1.